The molecule has 0 aliphatic rings. The van der Waals surface area contributed by atoms with Crippen LogP contribution in [0.5, 0.6) is 0 Å². The summed E-state index contributed by atoms with van der Waals surface area (Å²) in [7, 11) is 0. The fraction of sp³-hybridized carbons (Fsp3) is 0.125. The Morgan fingerprint density at radius 2 is 2.08 bits per heavy atom. The molecule has 0 fully saturated rings. The highest BCUT2D eigenvalue weighted by Gasteiger charge is 2.19. The molecule has 5 heteroatoms. The van der Waals surface area contributed by atoms with Gasteiger partial charge in [-0.25, -0.2) is 4.39 Å². The number of hydrogen-bond donors (Lipinski definition) is 0. The lowest BCUT2D eigenvalue weighted by Crippen LogP contribution is -1.99. The maximum absolute atomic E-state index is 12.8. The maximum atomic E-state index is 12.8. The number of benzene rings is 1. The van der Waals surface area contributed by atoms with E-state index in [-0.39, 0.29) is 17.5 Å². The van der Waals surface area contributed by atoms with Crippen LogP contribution >= 0.6 is 0 Å². The van der Waals surface area contributed by atoms with Crippen molar-refractivity contribution < 1.29 is 14.1 Å². The van der Waals surface area contributed by atoms with Crippen LogP contribution < -0.4 is 0 Å². The molecule has 0 heterocycles. The van der Waals surface area contributed by atoms with E-state index < -0.39 is 11.1 Å². The minimum Gasteiger partial charge on any atom is -0.300 e. The third-order valence-corrected chi connectivity index (χ3v) is 1.55. The molecule has 68 valence electrons. The van der Waals surface area contributed by atoms with Gasteiger partial charge in [0.15, 0.2) is 12.5 Å². The van der Waals surface area contributed by atoms with Gasteiger partial charge in [-0.3, -0.25) is 14.9 Å². The second-order valence-corrected chi connectivity index (χ2v) is 2.35. The average Bonchev–Trinajstić information content (AvgIpc) is 2.16. The number of rotatable bonds is 3. The van der Waals surface area contributed by atoms with Crippen LogP contribution in [-0.2, 0) is 4.79 Å². The molecule has 1 atom stereocenters. The molecule has 0 spiro atoms. The minimum absolute atomic E-state index is 0.0301. The number of aldehydes is 1. The summed E-state index contributed by atoms with van der Waals surface area (Å²) in [5.41, 5.74) is -0.579. The van der Waals surface area contributed by atoms with Crippen molar-refractivity contribution in [3.05, 3.63) is 39.9 Å². The van der Waals surface area contributed by atoms with Crippen molar-refractivity contribution in [1.82, 2.24) is 0 Å². The van der Waals surface area contributed by atoms with Gasteiger partial charge in [-0.15, -0.1) is 0 Å². The number of nitrogens with zero attached hydrogens (tertiary/aromatic N) is 1. The number of hydrogen-bond acceptors (Lipinski definition) is 3. The normalized spacial score (nSPS) is 12.1. The van der Waals surface area contributed by atoms with E-state index in [0.29, 0.717) is 0 Å². The molecule has 1 rings (SSSR count). The third-order valence-electron chi connectivity index (χ3n) is 1.55. The van der Waals surface area contributed by atoms with E-state index in [1.165, 1.54) is 18.2 Å². The second-order valence-electron chi connectivity index (χ2n) is 2.35. The Bertz CT molecular complexity index is 340. The summed E-state index contributed by atoms with van der Waals surface area (Å²) in [5.74, 6) is 0. The first kappa shape index (κ1) is 9.31. The molecule has 0 N–H and O–H groups in total. The number of nitro groups is 1. The molecule has 0 saturated heterocycles. The van der Waals surface area contributed by atoms with E-state index in [1.54, 1.807) is 0 Å². The average molecular weight is 183 g/mol. The summed E-state index contributed by atoms with van der Waals surface area (Å²) in [6, 6.07) is 5.24. The van der Waals surface area contributed by atoms with Crippen LogP contribution in [0.2, 0.25) is 0 Å². The van der Waals surface area contributed by atoms with E-state index in [0.717, 1.165) is 6.07 Å². The van der Waals surface area contributed by atoms with E-state index in [2.05, 4.69) is 0 Å². The first-order valence-electron chi connectivity index (χ1n) is 3.49. The SMILES string of the molecule is O=CC(F)c1ccccc1[N+](=O)[O-]. The largest absolute Gasteiger partial charge is 0.300 e. The maximum Gasteiger partial charge on any atom is 0.275 e. The second kappa shape index (κ2) is 3.75. The Hall–Kier alpha value is -1.78. The number of carbonyl (C=O) groups is 1. The van der Waals surface area contributed by atoms with Gasteiger partial charge in [-0.2, -0.15) is 0 Å². The predicted octanol–water partition coefficient (Wildman–Crippen LogP) is 1.80. The summed E-state index contributed by atoms with van der Waals surface area (Å²) in [5, 5.41) is 10.4. The highest BCUT2D eigenvalue weighted by molar-refractivity contribution is 5.63. The van der Waals surface area contributed by atoms with Gasteiger partial charge in [0.2, 0.25) is 0 Å². The highest BCUT2D eigenvalue weighted by atomic mass is 19.1. The van der Waals surface area contributed by atoms with Crippen molar-refractivity contribution in [2.75, 3.05) is 0 Å². The molecule has 0 aliphatic heterocycles. The molecule has 1 aromatic rings. The van der Waals surface area contributed by atoms with Crippen molar-refractivity contribution in [3.8, 4) is 0 Å². The number of halogens is 1. The molecule has 0 bridgehead atoms. The van der Waals surface area contributed by atoms with Crippen LogP contribution in [0.1, 0.15) is 11.7 Å². The van der Waals surface area contributed by atoms with Crippen LogP contribution in [0.3, 0.4) is 0 Å². The van der Waals surface area contributed by atoms with Crippen molar-refractivity contribution in [1.29, 1.82) is 0 Å². The van der Waals surface area contributed by atoms with E-state index >= 15 is 0 Å². The number of alkyl halides is 1. The number of carbonyl (C=O) groups excluding carboxylic acids is 1. The fourth-order valence-electron chi connectivity index (χ4n) is 0.960. The lowest BCUT2D eigenvalue weighted by Gasteiger charge is -2.00. The van der Waals surface area contributed by atoms with Crippen molar-refractivity contribution in [3.63, 3.8) is 0 Å². The minimum atomic E-state index is -1.93. The van der Waals surface area contributed by atoms with E-state index in [9.17, 15) is 19.3 Å². The molecule has 0 radical (unpaired) electrons. The van der Waals surface area contributed by atoms with Gasteiger partial charge in [-0.05, 0) is 6.07 Å². The van der Waals surface area contributed by atoms with Crippen molar-refractivity contribution in [2.45, 2.75) is 6.17 Å². The molecule has 13 heavy (non-hydrogen) atoms. The van der Waals surface area contributed by atoms with Gasteiger partial charge >= 0.3 is 0 Å². The fourth-order valence-corrected chi connectivity index (χ4v) is 0.960. The van der Waals surface area contributed by atoms with Gasteiger partial charge in [0.1, 0.15) is 0 Å². The zero-order valence-electron chi connectivity index (χ0n) is 6.51. The Labute approximate surface area is 73.1 Å². The van der Waals surface area contributed by atoms with Crippen LogP contribution in [-0.4, -0.2) is 11.2 Å². The predicted molar refractivity (Wildman–Crippen MR) is 43.0 cm³/mol. The monoisotopic (exact) mass is 183 g/mol. The van der Waals surface area contributed by atoms with Gasteiger partial charge in [0.05, 0.1) is 10.5 Å². The zero-order valence-corrected chi connectivity index (χ0v) is 6.51. The van der Waals surface area contributed by atoms with E-state index in [1.807, 2.05) is 0 Å². The van der Waals surface area contributed by atoms with Crippen LogP contribution in [0, 0.1) is 10.1 Å². The van der Waals surface area contributed by atoms with Crippen molar-refractivity contribution >= 4 is 12.0 Å². The summed E-state index contributed by atoms with van der Waals surface area (Å²) in [4.78, 5) is 19.7. The van der Waals surface area contributed by atoms with E-state index in [4.69, 9.17) is 0 Å². The first-order valence-corrected chi connectivity index (χ1v) is 3.49. The topological polar surface area (TPSA) is 60.2 Å². The smallest absolute Gasteiger partial charge is 0.275 e. The molecule has 0 aromatic heterocycles. The quantitative estimate of drug-likeness (QED) is 0.407. The Morgan fingerprint density at radius 1 is 1.46 bits per heavy atom. The molecule has 0 saturated carbocycles. The molecule has 4 nitrogen and oxygen atoms in total. The lowest BCUT2D eigenvalue weighted by molar-refractivity contribution is -0.385. The lowest BCUT2D eigenvalue weighted by atomic mass is 10.1. The van der Waals surface area contributed by atoms with Crippen LogP contribution in [0.25, 0.3) is 0 Å². The number of para-hydroxylation sites is 1. The molecule has 1 aromatic carbocycles. The third kappa shape index (κ3) is 1.87. The number of nitro benzene ring substituents is 1. The highest BCUT2D eigenvalue weighted by Crippen LogP contribution is 2.25. The molecular formula is C8H6FNO3. The summed E-state index contributed by atoms with van der Waals surface area (Å²) in [6.07, 6.45) is -1.90. The Kier molecular flexibility index (Phi) is 2.69. The first-order chi connectivity index (χ1) is 6.16. The van der Waals surface area contributed by atoms with Crippen LogP contribution in [0.15, 0.2) is 24.3 Å². The molecule has 0 aliphatic carbocycles. The molecule has 1 unspecified atom stereocenters. The van der Waals surface area contributed by atoms with Gasteiger partial charge < -0.3 is 0 Å². The standard InChI is InChI=1S/C8H6FNO3/c9-7(5-11)6-3-1-2-4-8(6)10(12)13/h1-5,7H. The van der Waals surface area contributed by atoms with Gasteiger partial charge in [-0.1, -0.05) is 12.1 Å². The molecular weight excluding hydrogens is 177 g/mol. The zero-order chi connectivity index (χ0) is 9.84. The van der Waals surface area contributed by atoms with Crippen LogP contribution in [0.4, 0.5) is 10.1 Å². The molecule has 0 amide bonds. The summed E-state index contributed by atoms with van der Waals surface area (Å²) < 4.78 is 12.8. The van der Waals surface area contributed by atoms with Gasteiger partial charge in [0.25, 0.3) is 5.69 Å². The summed E-state index contributed by atoms with van der Waals surface area (Å²) >= 11 is 0. The Morgan fingerprint density at radius 3 is 2.62 bits per heavy atom. The van der Waals surface area contributed by atoms with Crippen molar-refractivity contribution in [2.24, 2.45) is 0 Å². The Balaban J connectivity index is 3.19. The van der Waals surface area contributed by atoms with Gasteiger partial charge in [0, 0.05) is 6.07 Å². The summed E-state index contributed by atoms with van der Waals surface area (Å²) in [6.45, 7) is 0.